The molecule has 192 valence electrons. The van der Waals surface area contributed by atoms with Crippen molar-refractivity contribution in [3.8, 4) is 22.8 Å². The number of piperazine rings is 1. The number of ether oxygens (including phenoxy) is 1. The van der Waals surface area contributed by atoms with Crippen LogP contribution in [0.3, 0.4) is 0 Å². The number of alkyl halides is 2. The molecular weight excluding hydrogens is 489 g/mol. The number of benzene rings is 1. The topological polar surface area (TPSA) is 98.2 Å². The summed E-state index contributed by atoms with van der Waals surface area (Å²) in [6.45, 7) is 5.48. The Balaban J connectivity index is 1.13. The minimum absolute atomic E-state index is 0.123. The number of rotatable bonds is 7. The van der Waals surface area contributed by atoms with Crippen molar-refractivity contribution in [3.05, 3.63) is 59.9 Å². The zero-order valence-electron chi connectivity index (χ0n) is 19.7. The minimum atomic E-state index is -2.89. The van der Waals surface area contributed by atoms with Gasteiger partial charge >= 0.3 is 6.43 Å². The summed E-state index contributed by atoms with van der Waals surface area (Å²) in [5.41, 5.74) is 1.81. The second kappa shape index (κ2) is 9.90. The van der Waals surface area contributed by atoms with Crippen molar-refractivity contribution >= 4 is 5.82 Å². The van der Waals surface area contributed by atoms with Gasteiger partial charge in [0.1, 0.15) is 17.3 Å². The van der Waals surface area contributed by atoms with Gasteiger partial charge in [-0.2, -0.15) is 8.78 Å². The summed E-state index contributed by atoms with van der Waals surface area (Å²) in [4.78, 5) is 9.50. The van der Waals surface area contributed by atoms with Crippen LogP contribution in [0, 0.1) is 5.82 Å². The van der Waals surface area contributed by atoms with Gasteiger partial charge in [0.15, 0.2) is 0 Å². The van der Waals surface area contributed by atoms with Crippen molar-refractivity contribution in [1.82, 2.24) is 35.1 Å². The summed E-state index contributed by atoms with van der Waals surface area (Å²) in [6.07, 6.45) is -1.18. The van der Waals surface area contributed by atoms with E-state index in [2.05, 4.69) is 30.3 Å². The minimum Gasteiger partial charge on any atom is -0.415 e. The Morgan fingerprint density at radius 3 is 2.51 bits per heavy atom. The molecular formula is C24H23F3N8O2. The van der Waals surface area contributed by atoms with Gasteiger partial charge < -0.3 is 14.1 Å². The van der Waals surface area contributed by atoms with Gasteiger partial charge in [-0.15, -0.1) is 15.3 Å². The first-order valence-electron chi connectivity index (χ1n) is 11.9. The molecule has 10 nitrogen and oxygen atoms in total. The molecule has 0 saturated carbocycles. The second-order valence-electron chi connectivity index (χ2n) is 8.95. The van der Waals surface area contributed by atoms with Crippen LogP contribution >= 0.6 is 0 Å². The second-order valence-corrected chi connectivity index (χ2v) is 8.95. The molecule has 0 atom stereocenters. The van der Waals surface area contributed by atoms with Gasteiger partial charge in [0, 0.05) is 37.3 Å². The highest BCUT2D eigenvalue weighted by Crippen LogP contribution is 2.26. The molecule has 0 aliphatic carbocycles. The molecule has 0 radical (unpaired) electrons. The van der Waals surface area contributed by atoms with E-state index in [9.17, 15) is 13.2 Å². The molecule has 5 heterocycles. The summed E-state index contributed by atoms with van der Waals surface area (Å²) in [6, 6.07) is 10.5. The standard InChI is InChI=1S/C24H23F3N8O2/c25-18-10-15(23-30-31-24(37-23)22(26)27)4-5-16(18)11-35-12-20(29-32-35)19-2-1-3-21(28-19)34-8-6-33(7-9-34)17-13-36-14-17/h1-5,10,12,17,22H,6-9,11,13-14H2. The summed E-state index contributed by atoms with van der Waals surface area (Å²) < 4.78 is 51.8. The van der Waals surface area contributed by atoms with E-state index < -0.39 is 18.1 Å². The van der Waals surface area contributed by atoms with E-state index in [4.69, 9.17) is 14.1 Å². The summed E-state index contributed by atoms with van der Waals surface area (Å²) in [5, 5.41) is 15.2. The van der Waals surface area contributed by atoms with Crippen molar-refractivity contribution in [1.29, 1.82) is 0 Å². The summed E-state index contributed by atoms with van der Waals surface area (Å²) in [5.74, 6) is -0.653. The molecule has 6 rings (SSSR count). The van der Waals surface area contributed by atoms with Crippen LogP contribution < -0.4 is 4.90 Å². The molecule has 2 aliphatic rings. The summed E-state index contributed by atoms with van der Waals surface area (Å²) in [7, 11) is 0. The first-order valence-corrected chi connectivity index (χ1v) is 11.9. The molecule has 0 bridgehead atoms. The third-order valence-electron chi connectivity index (χ3n) is 6.57. The first-order chi connectivity index (χ1) is 18.0. The van der Waals surface area contributed by atoms with E-state index in [0.29, 0.717) is 23.0 Å². The Morgan fingerprint density at radius 2 is 1.81 bits per heavy atom. The van der Waals surface area contributed by atoms with E-state index in [0.717, 1.165) is 45.2 Å². The van der Waals surface area contributed by atoms with Crippen molar-refractivity contribution in [3.63, 3.8) is 0 Å². The SMILES string of the molecule is Fc1cc(-c2nnc(C(F)F)o2)ccc1Cn1cc(-c2cccc(N3CCN(C4COC4)CC3)n2)nn1. The largest absolute Gasteiger partial charge is 0.415 e. The number of hydrogen-bond donors (Lipinski definition) is 0. The van der Waals surface area contributed by atoms with E-state index in [1.807, 2.05) is 18.2 Å². The highest BCUT2D eigenvalue weighted by Gasteiger charge is 2.29. The quantitative estimate of drug-likeness (QED) is 0.370. The molecule has 2 aliphatic heterocycles. The zero-order chi connectivity index (χ0) is 25.4. The van der Waals surface area contributed by atoms with Crippen molar-refractivity contribution in [2.24, 2.45) is 0 Å². The maximum Gasteiger partial charge on any atom is 0.314 e. The Morgan fingerprint density at radius 1 is 0.973 bits per heavy atom. The number of hydrogen-bond acceptors (Lipinski definition) is 9. The van der Waals surface area contributed by atoms with Crippen LogP contribution in [0.2, 0.25) is 0 Å². The van der Waals surface area contributed by atoms with E-state index >= 15 is 0 Å². The fraction of sp³-hybridized carbons (Fsp3) is 0.375. The molecule has 0 N–H and O–H groups in total. The van der Waals surface area contributed by atoms with Gasteiger partial charge in [0.2, 0.25) is 5.89 Å². The van der Waals surface area contributed by atoms with Gasteiger partial charge in [0.05, 0.1) is 37.7 Å². The molecule has 1 aromatic carbocycles. The van der Waals surface area contributed by atoms with Crippen LogP contribution in [0.5, 0.6) is 0 Å². The Kier molecular flexibility index (Phi) is 6.30. The molecule has 0 unspecified atom stereocenters. The lowest BCUT2D eigenvalue weighted by Gasteiger charge is -2.42. The molecule has 37 heavy (non-hydrogen) atoms. The van der Waals surface area contributed by atoms with Gasteiger partial charge in [-0.3, -0.25) is 4.90 Å². The number of nitrogens with zero attached hydrogens (tertiary/aromatic N) is 8. The lowest BCUT2D eigenvalue weighted by Crippen LogP contribution is -2.56. The number of pyridine rings is 1. The van der Waals surface area contributed by atoms with Crippen LogP contribution in [0.15, 0.2) is 47.0 Å². The highest BCUT2D eigenvalue weighted by molar-refractivity contribution is 5.57. The van der Waals surface area contributed by atoms with Crippen molar-refractivity contribution in [2.45, 2.75) is 19.0 Å². The lowest BCUT2D eigenvalue weighted by atomic mass is 10.1. The maximum atomic E-state index is 14.8. The highest BCUT2D eigenvalue weighted by atomic mass is 19.3. The lowest BCUT2D eigenvalue weighted by molar-refractivity contribution is -0.0660. The number of anilines is 1. The Bertz CT molecular complexity index is 1380. The van der Waals surface area contributed by atoms with Crippen molar-refractivity contribution < 1.29 is 22.3 Å². The smallest absolute Gasteiger partial charge is 0.314 e. The fourth-order valence-corrected chi connectivity index (χ4v) is 4.41. The van der Waals surface area contributed by atoms with Gasteiger partial charge in [-0.25, -0.2) is 14.1 Å². The van der Waals surface area contributed by atoms with E-state index in [-0.39, 0.29) is 18.0 Å². The molecule has 4 aromatic rings. The molecule has 0 spiro atoms. The van der Waals surface area contributed by atoms with Crippen LogP contribution in [-0.4, -0.2) is 80.5 Å². The van der Waals surface area contributed by atoms with Gasteiger partial charge in [-0.05, 0) is 24.3 Å². The maximum absolute atomic E-state index is 14.8. The average molecular weight is 512 g/mol. The molecule has 13 heteroatoms. The predicted octanol–water partition coefficient (Wildman–Crippen LogP) is 3.04. The van der Waals surface area contributed by atoms with Crippen LogP contribution in [0.25, 0.3) is 22.8 Å². The number of aromatic nitrogens is 6. The Labute approximate surface area is 209 Å². The van der Waals surface area contributed by atoms with E-state index in [1.165, 1.54) is 22.9 Å². The fourth-order valence-electron chi connectivity index (χ4n) is 4.41. The van der Waals surface area contributed by atoms with Gasteiger partial charge in [0.25, 0.3) is 5.89 Å². The Hall–Kier alpha value is -3.84. The normalized spacial score (nSPS) is 16.9. The first kappa shape index (κ1) is 23.6. The van der Waals surface area contributed by atoms with Crippen LogP contribution in [-0.2, 0) is 11.3 Å². The molecule has 2 fully saturated rings. The van der Waals surface area contributed by atoms with Crippen LogP contribution in [0.4, 0.5) is 19.0 Å². The van der Waals surface area contributed by atoms with Crippen LogP contribution in [0.1, 0.15) is 17.9 Å². The van der Waals surface area contributed by atoms with Crippen molar-refractivity contribution in [2.75, 3.05) is 44.3 Å². The van der Waals surface area contributed by atoms with Gasteiger partial charge in [-0.1, -0.05) is 17.3 Å². The summed E-state index contributed by atoms with van der Waals surface area (Å²) >= 11 is 0. The molecule has 3 aromatic heterocycles. The molecule has 0 amide bonds. The third-order valence-corrected chi connectivity index (χ3v) is 6.57. The monoisotopic (exact) mass is 512 g/mol. The third kappa shape index (κ3) is 4.91. The zero-order valence-corrected chi connectivity index (χ0v) is 19.7. The number of halogens is 3. The average Bonchev–Trinajstić information content (AvgIpc) is 3.55. The predicted molar refractivity (Wildman–Crippen MR) is 125 cm³/mol. The van der Waals surface area contributed by atoms with E-state index in [1.54, 1.807) is 6.20 Å². The molecule has 2 saturated heterocycles.